The summed E-state index contributed by atoms with van der Waals surface area (Å²) in [6, 6.07) is 15.9. The van der Waals surface area contributed by atoms with Crippen LogP contribution in [0.15, 0.2) is 60.8 Å². The second kappa shape index (κ2) is 10.4. The molecular weight excluding hydrogens is 418 g/mol. The van der Waals surface area contributed by atoms with Gasteiger partial charge in [-0.2, -0.15) is 0 Å². The van der Waals surface area contributed by atoms with Gasteiger partial charge in [0.2, 0.25) is 5.91 Å². The van der Waals surface area contributed by atoms with Gasteiger partial charge in [0.15, 0.2) is 0 Å². The molecule has 0 aliphatic heterocycles. The van der Waals surface area contributed by atoms with E-state index in [9.17, 15) is 14.9 Å². The smallest absolute Gasteiger partial charge is 0.269 e. The number of nitro benzene ring substituents is 1. The molecular formula is C25H29N5O3. The van der Waals surface area contributed by atoms with Crippen LogP contribution in [-0.2, 0) is 11.2 Å². The van der Waals surface area contributed by atoms with Crippen LogP contribution in [0.5, 0.6) is 0 Å². The van der Waals surface area contributed by atoms with Crippen molar-refractivity contribution in [2.24, 2.45) is 17.6 Å². The summed E-state index contributed by atoms with van der Waals surface area (Å²) in [5, 5.41) is 14.4. The number of benzene rings is 2. The van der Waals surface area contributed by atoms with Gasteiger partial charge in [0.05, 0.1) is 16.7 Å². The zero-order valence-electron chi connectivity index (χ0n) is 18.4. The number of carbonyl (C=O) groups excluding carboxylic acids is 1. The average molecular weight is 448 g/mol. The lowest BCUT2D eigenvalue weighted by Gasteiger charge is -2.28. The number of imidazole rings is 1. The highest BCUT2D eigenvalue weighted by Crippen LogP contribution is 2.29. The maximum absolute atomic E-state index is 13.1. The Morgan fingerprint density at radius 2 is 1.91 bits per heavy atom. The third kappa shape index (κ3) is 5.64. The number of hydrogen-bond donors (Lipinski definition) is 3. The molecule has 1 saturated carbocycles. The first-order valence-corrected chi connectivity index (χ1v) is 11.4. The second-order valence-corrected chi connectivity index (χ2v) is 8.68. The summed E-state index contributed by atoms with van der Waals surface area (Å²) >= 11 is 0. The van der Waals surface area contributed by atoms with Crippen LogP contribution < -0.4 is 11.1 Å². The van der Waals surface area contributed by atoms with Crippen molar-refractivity contribution in [3.63, 3.8) is 0 Å². The minimum atomic E-state index is -0.427. The predicted octanol–water partition coefficient (Wildman–Crippen LogP) is 4.15. The number of amides is 1. The summed E-state index contributed by atoms with van der Waals surface area (Å²) in [5.74, 6) is 1.07. The maximum atomic E-state index is 13.1. The lowest BCUT2D eigenvalue weighted by Crippen LogP contribution is -2.37. The molecule has 4 N–H and O–H groups in total. The first-order valence-electron chi connectivity index (χ1n) is 11.4. The number of carbonyl (C=O) groups is 1. The number of nitro groups is 1. The van der Waals surface area contributed by atoms with E-state index >= 15 is 0 Å². The van der Waals surface area contributed by atoms with Crippen molar-refractivity contribution in [2.45, 2.75) is 38.1 Å². The van der Waals surface area contributed by atoms with Crippen LogP contribution in [0.3, 0.4) is 0 Å². The molecule has 0 spiro atoms. The van der Waals surface area contributed by atoms with Crippen molar-refractivity contribution >= 4 is 11.6 Å². The normalized spacial score (nSPS) is 19.1. The fourth-order valence-corrected chi connectivity index (χ4v) is 4.47. The van der Waals surface area contributed by atoms with E-state index < -0.39 is 11.0 Å². The molecule has 0 unspecified atom stereocenters. The van der Waals surface area contributed by atoms with Crippen LogP contribution in [0, 0.1) is 22.0 Å². The summed E-state index contributed by atoms with van der Waals surface area (Å²) in [5.41, 5.74) is 8.34. The van der Waals surface area contributed by atoms with Crippen molar-refractivity contribution in [1.82, 2.24) is 15.3 Å². The SMILES string of the molecule is NC[C@H]1CC[C@H](C(=O)N[C@@H](Cc2cccc([N+](=O)[O-])c2)c2nc(-c3ccccc3)c[nH]2)CC1. The lowest BCUT2D eigenvalue weighted by molar-refractivity contribution is -0.384. The highest BCUT2D eigenvalue weighted by molar-refractivity contribution is 5.79. The van der Waals surface area contributed by atoms with Crippen LogP contribution >= 0.6 is 0 Å². The number of aromatic nitrogens is 2. The molecule has 33 heavy (non-hydrogen) atoms. The highest BCUT2D eigenvalue weighted by atomic mass is 16.6. The van der Waals surface area contributed by atoms with Crippen LogP contribution in [-0.4, -0.2) is 27.3 Å². The van der Waals surface area contributed by atoms with Gasteiger partial charge < -0.3 is 16.0 Å². The number of nitrogens with zero attached hydrogens (tertiary/aromatic N) is 2. The van der Waals surface area contributed by atoms with Crippen molar-refractivity contribution < 1.29 is 9.72 Å². The Hall–Kier alpha value is -3.52. The first-order chi connectivity index (χ1) is 16.0. The van der Waals surface area contributed by atoms with E-state index in [1.807, 2.05) is 42.6 Å². The van der Waals surface area contributed by atoms with E-state index in [1.165, 1.54) is 6.07 Å². The van der Waals surface area contributed by atoms with E-state index in [4.69, 9.17) is 10.7 Å². The van der Waals surface area contributed by atoms with Crippen LogP contribution in [0.25, 0.3) is 11.3 Å². The third-order valence-electron chi connectivity index (χ3n) is 6.43. The number of nitrogens with one attached hydrogen (secondary N) is 2. The number of H-pyrrole nitrogens is 1. The Kier molecular flexibility index (Phi) is 7.14. The van der Waals surface area contributed by atoms with Crippen LogP contribution in [0.1, 0.15) is 43.1 Å². The van der Waals surface area contributed by atoms with E-state index in [0.29, 0.717) is 24.7 Å². The molecule has 0 saturated heterocycles. The fraction of sp³-hybridized carbons (Fsp3) is 0.360. The number of rotatable bonds is 8. The van der Waals surface area contributed by atoms with Crippen molar-refractivity contribution in [1.29, 1.82) is 0 Å². The van der Waals surface area contributed by atoms with Gasteiger partial charge in [-0.15, -0.1) is 0 Å². The second-order valence-electron chi connectivity index (χ2n) is 8.68. The Bertz CT molecular complexity index is 1090. The quantitative estimate of drug-likeness (QED) is 0.353. The molecule has 8 heteroatoms. The van der Waals surface area contributed by atoms with Gasteiger partial charge in [0.1, 0.15) is 5.82 Å². The Balaban J connectivity index is 1.56. The molecule has 1 aliphatic carbocycles. The third-order valence-corrected chi connectivity index (χ3v) is 6.43. The van der Waals surface area contributed by atoms with Crippen molar-refractivity contribution in [2.75, 3.05) is 6.54 Å². The molecule has 3 aromatic rings. The Morgan fingerprint density at radius 3 is 2.61 bits per heavy atom. The Morgan fingerprint density at radius 1 is 1.15 bits per heavy atom. The molecule has 1 atom stereocenters. The molecule has 1 aromatic heterocycles. The molecule has 0 bridgehead atoms. The summed E-state index contributed by atoms with van der Waals surface area (Å²) < 4.78 is 0. The highest BCUT2D eigenvalue weighted by Gasteiger charge is 2.28. The summed E-state index contributed by atoms with van der Waals surface area (Å²) in [6.45, 7) is 0.665. The molecule has 1 amide bonds. The topological polar surface area (TPSA) is 127 Å². The number of aromatic amines is 1. The number of non-ortho nitro benzene ring substituents is 1. The van der Waals surface area contributed by atoms with Gasteiger partial charge in [-0.25, -0.2) is 4.98 Å². The minimum Gasteiger partial charge on any atom is -0.346 e. The van der Waals surface area contributed by atoms with Crippen molar-refractivity contribution in [3.8, 4) is 11.3 Å². The van der Waals surface area contributed by atoms with Gasteiger partial charge in [0.25, 0.3) is 5.69 Å². The standard InChI is InChI=1S/C25H29N5O3/c26-15-17-9-11-20(12-10-17)25(31)29-22(14-18-5-4-8-21(13-18)30(32)33)24-27-16-23(28-24)19-6-2-1-3-7-19/h1-8,13,16-17,20,22H,9-12,14-15,26H2,(H,27,28)(H,29,31)/t17-,20-,22-/m0/s1. The maximum Gasteiger partial charge on any atom is 0.269 e. The minimum absolute atomic E-state index is 0.00133. The molecule has 1 fully saturated rings. The monoisotopic (exact) mass is 447 g/mol. The largest absolute Gasteiger partial charge is 0.346 e. The van der Waals surface area contributed by atoms with E-state index in [1.54, 1.807) is 12.1 Å². The molecule has 2 aromatic carbocycles. The number of nitrogens with two attached hydrogens (primary N) is 1. The molecule has 172 valence electrons. The molecule has 4 rings (SSSR count). The zero-order valence-corrected chi connectivity index (χ0v) is 18.4. The van der Waals surface area contributed by atoms with E-state index in [-0.39, 0.29) is 17.5 Å². The van der Waals surface area contributed by atoms with Crippen LogP contribution in [0.2, 0.25) is 0 Å². The lowest BCUT2D eigenvalue weighted by atomic mass is 9.81. The summed E-state index contributed by atoms with van der Waals surface area (Å²) in [7, 11) is 0. The molecule has 1 aliphatic rings. The van der Waals surface area contributed by atoms with E-state index in [2.05, 4.69) is 10.3 Å². The fourth-order valence-electron chi connectivity index (χ4n) is 4.47. The summed E-state index contributed by atoms with van der Waals surface area (Å²) in [4.78, 5) is 31.9. The van der Waals surface area contributed by atoms with Crippen LogP contribution in [0.4, 0.5) is 5.69 Å². The van der Waals surface area contributed by atoms with Gasteiger partial charge >= 0.3 is 0 Å². The summed E-state index contributed by atoms with van der Waals surface area (Å²) in [6.07, 6.45) is 5.79. The Labute approximate surface area is 192 Å². The van der Waals surface area contributed by atoms with Gasteiger partial charge in [-0.1, -0.05) is 42.5 Å². The first kappa shape index (κ1) is 22.7. The molecule has 8 nitrogen and oxygen atoms in total. The van der Waals surface area contributed by atoms with Crippen molar-refractivity contribution in [3.05, 3.63) is 82.3 Å². The predicted molar refractivity (Wildman–Crippen MR) is 126 cm³/mol. The average Bonchev–Trinajstić information content (AvgIpc) is 3.35. The van der Waals surface area contributed by atoms with Gasteiger partial charge in [-0.3, -0.25) is 14.9 Å². The zero-order chi connectivity index (χ0) is 23.2. The molecule has 0 radical (unpaired) electrons. The van der Waals surface area contributed by atoms with E-state index in [0.717, 1.165) is 42.5 Å². The number of hydrogen-bond acceptors (Lipinski definition) is 5. The van der Waals surface area contributed by atoms with Gasteiger partial charge in [0, 0.05) is 36.2 Å². The molecule has 1 heterocycles. The van der Waals surface area contributed by atoms with Gasteiger partial charge in [-0.05, 0) is 43.7 Å².